The molecule has 8 nitrogen and oxygen atoms in total. The van der Waals surface area contributed by atoms with Gasteiger partial charge in [-0.05, 0) is 68.3 Å². The van der Waals surface area contributed by atoms with Gasteiger partial charge in [-0.3, -0.25) is 9.36 Å². The van der Waals surface area contributed by atoms with Crippen molar-refractivity contribution in [3.63, 3.8) is 0 Å². The number of hydrogen-bond donors (Lipinski definition) is 0. The lowest BCUT2D eigenvalue weighted by Gasteiger charge is -2.24. The van der Waals surface area contributed by atoms with E-state index in [1.807, 2.05) is 61.5 Å². The second-order valence-corrected chi connectivity index (χ2v) is 11.5. The van der Waals surface area contributed by atoms with E-state index in [0.29, 0.717) is 44.3 Å². The molecule has 1 atom stereocenters. The van der Waals surface area contributed by atoms with Crippen LogP contribution in [0.3, 0.4) is 0 Å². The van der Waals surface area contributed by atoms with Crippen LogP contribution in [0, 0.1) is 11.3 Å². The van der Waals surface area contributed by atoms with Crippen molar-refractivity contribution in [3.05, 3.63) is 124 Å². The van der Waals surface area contributed by atoms with Crippen LogP contribution in [0.1, 0.15) is 49.1 Å². The van der Waals surface area contributed by atoms with Gasteiger partial charge in [0.05, 0.1) is 46.7 Å². The fraction of sp³-hybridized carbons (Fsp3) is 0.212. The fourth-order valence-electron chi connectivity index (χ4n) is 4.82. The average molecular weight is 659 g/mol. The Morgan fingerprint density at radius 3 is 2.56 bits per heavy atom. The number of thiazole rings is 1. The van der Waals surface area contributed by atoms with Gasteiger partial charge in [-0.15, -0.1) is 0 Å². The quantitative estimate of drug-likeness (QED) is 0.223. The number of esters is 1. The molecular weight excluding hydrogens is 630 g/mol. The van der Waals surface area contributed by atoms with Crippen LogP contribution in [0.15, 0.2) is 92.3 Å². The summed E-state index contributed by atoms with van der Waals surface area (Å²) in [7, 11) is 0. The predicted molar refractivity (Wildman–Crippen MR) is 168 cm³/mol. The highest BCUT2D eigenvalue weighted by Crippen LogP contribution is 2.32. The molecular formula is C33H28BrN3O5S. The van der Waals surface area contributed by atoms with E-state index >= 15 is 0 Å². The summed E-state index contributed by atoms with van der Waals surface area (Å²) in [4.78, 5) is 32.1. The Kier molecular flexibility index (Phi) is 9.24. The summed E-state index contributed by atoms with van der Waals surface area (Å²) >= 11 is 4.72. The monoisotopic (exact) mass is 657 g/mol. The molecule has 1 aromatic heterocycles. The third kappa shape index (κ3) is 6.33. The van der Waals surface area contributed by atoms with E-state index in [1.165, 1.54) is 11.3 Å². The number of rotatable bonds is 9. The summed E-state index contributed by atoms with van der Waals surface area (Å²) in [5, 5.41) is 9.39. The molecule has 0 spiro atoms. The number of ether oxygens (including phenoxy) is 3. The SMILES string of the molecule is CCOC(=O)C1=C(C)N=c2s/c(=C\c3ccc(OCc4ccccc4C#N)c(OCC)c3)c(=O)n2C1c1ccc(Br)cc1. The van der Waals surface area contributed by atoms with Crippen molar-refractivity contribution in [1.82, 2.24) is 4.57 Å². The average Bonchev–Trinajstić information content (AvgIpc) is 3.30. The molecule has 43 heavy (non-hydrogen) atoms. The zero-order valence-electron chi connectivity index (χ0n) is 23.8. The molecule has 3 aromatic carbocycles. The molecule has 0 radical (unpaired) electrons. The highest BCUT2D eigenvalue weighted by molar-refractivity contribution is 9.10. The molecule has 0 saturated heterocycles. The number of aromatic nitrogens is 1. The maximum absolute atomic E-state index is 13.9. The minimum absolute atomic E-state index is 0.208. The van der Waals surface area contributed by atoms with Crippen molar-refractivity contribution in [2.75, 3.05) is 13.2 Å². The third-order valence-corrected chi connectivity index (χ3v) is 8.30. The Bertz CT molecular complexity index is 1940. The molecule has 218 valence electrons. The third-order valence-electron chi connectivity index (χ3n) is 6.79. The summed E-state index contributed by atoms with van der Waals surface area (Å²) in [5.41, 5.74) is 3.41. The van der Waals surface area contributed by atoms with Crippen LogP contribution < -0.4 is 24.4 Å². The summed E-state index contributed by atoms with van der Waals surface area (Å²) in [6, 6.07) is 21.7. The summed E-state index contributed by atoms with van der Waals surface area (Å²) in [6.45, 7) is 6.22. The minimum atomic E-state index is -0.684. The highest BCUT2D eigenvalue weighted by Gasteiger charge is 2.33. The van der Waals surface area contributed by atoms with Crippen molar-refractivity contribution in [2.24, 2.45) is 4.99 Å². The molecule has 0 bridgehead atoms. The van der Waals surface area contributed by atoms with Crippen LogP contribution in [-0.2, 0) is 16.1 Å². The molecule has 10 heteroatoms. The first kappa shape index (κ1) is 30.0. The van der Waals surface area contributed by atoms with E-state index in [2.05, 4.69) is 27.0 Å². The van der Waals surface area contributed by atoms with Crippen LogP contribution in [-0.4, -0.2) is 23.8 Å². The van der Waals surface area contributed by atoms with E-state index in [0.717, 1.165) is 21.2 Å². The van der Waals surface area contributed by atoms with Crippen LogP contribution in [0.4, 0.5) is 0 Å². The van der Waals surface area contributed by atoms with Gasteiger partial charge in [0.25, 0.3) is 5.56 Å². The first-order valence-electron chi connectivity index (χ1n) is 13.7. The normalized spacial score (nSPS) is 14.5. The Hall–Kier alpha value is -4.46. The number of benzene rings is 3. The zero-order valence-corrected chi connectivity index (χ0v) is 26.2. The molecule has 5 rings (SSSR count). The topological polar surface area (TPSA) is 103 Å². The Labute approximate surface area is 260 Å². The molecule has 0 N–H and O–H groups in total. The summed E-state index contributed by atoms with van der Waals surface area (Å²) in [5.74, 6) is 0.546. The first-order chi connectivity index (χ1) is 20.8. The zero-order chi connectivity index (χ0) is 30.5. The van der Waals surface area contributed by atoms with Crippen LogP contribution in [0.2, 0.25) is 0 Å². The van der Waals surface area contributed by atoms with Crippen molar-refractivity contribution in [1.29, 1.82) is 5.26 Å². The van der Waals surface area contributed by atoms with Crippen molar-refractivity contribution in [2.45, 2.75) is 33.4 Å². The van der Waals surface area contributed by atoms with E-state index in [-0.39, 0.29) is 18.8 Å². The maximum atomic E-state index is 13.9. The Morgan fingerprint density at radius 1 is 1.07 bits per heavy atom. The molecule has 0 aliphatic carbocycles. The number of nitrogens with zero attached hydrogens (tertiary/aromatic N) is 3. The van der Waals surface area contributed by atoms with Crippen LogP contribution in [0.5, 0.6) is 11.5 Å². The van der Waals surface area contributed by atoms with E-state index in [1.54, 1.807) is 36.6 Å². The minimum Gasteiger partial charge on any atom is -0.490 e. The van der Waals surface area contributed by atoms with Crippen LogP contribution in [0.25, 0.3) is 6.08 Å². The molecule has 1 unspecified atom stereocenters. The van der Waals surface area contributed by atoms with Gasteiger partial charge in [0.15, 0.2) is 16.3 Å². The second-order valence-electron chi connectivity index (χ2n) is 9.55. The summed E-state index contributed by atoms with van der Waals surface area (Å²) < 4.78 is 20.2. The van der Waals surface area contributed by atoms with Crippen molar-refractivity contribution in [3.8, 4) is 17.6 Å². The number of carbonyl (C=O) groups is 1. The Balaban J connectivity index is 1.55. The molecule has 1 aliphatic heterocycles. The maximum Gasteiger partial charge on any atom is 0.338 e. The van der Waals surface area contributed by atoms with E-state index in [4.69, 9.17) is 14.2 Å². The van der Waals surface area contributed by atoms with Crippen molar-refractivity contribution < 1.29 is 19.0 Å². The molecule has 0 saturated carbocycles. The molecule has 2 heterocycles. The number of nitriles is 1. The van der Waals surface area contributed by atoms with Gasteiger partial charge in [0.2, 0.25) is 0 Å². The molecule has 0 amide bonds. The number of hydrogen-bond acceptors (Lipinski definition) is 8. The lowest BCUT2D eigenvalue weighted by Crippen LogP contribution is -2.39. The largest absolute Gasteiger partial charge is 0.490 e. The molecule has 0 fully saturated rings. The number of carbonyl (C=O) groups excluding carboxylic acids is 1. The standard InChI is InChI=1S/C33H28BrN3O5S/c1-4-40-27-16-21(10-15-26(27)42-19-24-9-7-6-8-23(24)18-35)17-28-31(38)37-30(22-11-13-25(34)14-12-22)29(32(39)41-5-2)20(3)36-33(37)43-28/h6-17,30H,4-5,19H2,1-3H3/b28-17-. The van der Waals surface area contributed by atoms with Crippen molar-refractivity contribution >= 4 is 39.3 Å². The van der Waals surface area contributed by atoms with Gasteiger partial charge in [-0.25, -0.2) is 9.79 Å². The predicted octanol–water partition coefficient (Wildman–Crippen LogP) is 5.41. The Morgan fingerprint density at radius 2 is 1.84 bits per heavy atom. The molecule has 1 aliphatic rings. The van der Waals surface area contributed by atoms with Gasteiger partial charge in [-0.1, -0.05) is 63.7 Å². The van der Waals surface area contributed by atoms with Gasteiger partial charge >= 0.3 is 5.97 Å². The first-order valence-corrected chi connectivity index (χ1v) is 15.3. The smallest absolute Gasteiger partial charge is 0.338 e. The van der Waals surface area contributed by atoms with E-state index in [9.17, 15) is 14.9 Å². The molecule has 4 aromatic rings. The number of halogens is 1. The van der Waals surface area contributed by atoms with Gasteiger partial charge in [0, 0.05) is 10.0 Å². The van der Waals surface area contributed by atoms with Crippen LogP contribution >= 0.6 is 27.3 Å². The number of allylic oxidation sites excluding steroid dienone is 1. The second kappa shape index (κ2) is 13.2. The summed E-state index contributed by atoms with van der Waals surface area (Å²) in [6.07, 6.45) is 1.78. The highest BCUT2D eigenvalue weighted by atomic mass is 79.9. The number of fused-ring (bicyclic) bond motifs is 1. The van der Waals surface area contributed by atoms with Gasteiger partial charge < -0.3 is 14.2 Å². The lowest BCUT2D eigenvalue weighted by molar-refractivity contribution is -0.139. The van der Waals surface area contributed by atoms with Gasteiger partial charge in [-0.2, -0.15) is 5.26 Å². The lowest BCUT2D eigenvalue weighted by atomic mass is 9.96. The fourth-order valence-corrected chi connectivity index (χ4v) is 6.13. The van der Waals surface area contributed by atoms with E-state index < -0.39 is 12.0 Å². The van der Waals surface area contributed by atoms with Gasteiger partial charge in [0.1, 0.15) is 6.61 Å².